The minimum absolute atomic E-state index is 0.849. The zero-order valence-corrected chi connectivity index (χ0v) is 12.1. The molecule has 1 aliphatic carbocycles. The van der Waals surface area contributed by atoms with Crippen molar-refractivity contribution in [2.45, 2.75) is 32.7 Å². The molecule has 0 saturated heterocycles. The van der Waals surface area contributed by atoms with Crippen molar-refractivity contribution in [1.82, 2.24) is 5.32 Å². The Labute approximate surface area is 115 Å². The smallest absolute Gasteiger partial charge is 0.0471 e. The zero-order chi connectivity index (χ0) is 13.0. The summed E-state index contributed by atoms with van der Waals surface area (Å²) < 4.78 is 0. The molecule has 18 heavy (non-hydrogen) atoms. The predicted molar refractivity (Wildman–Crippen MR) is 79.4 cm³/mol. The number of halogens is 1. The lowest BCUT2D eigenvalue weighted by Gasteiger charge is -2.31. The normalized spacial score (nSPS) is 15.5. The fraction of sp³-hybridized carbons (Fsp3) is 0.600. The molecule has 0 bridgehead atoms. The van der Waals surface area contributed by atoms with Gasteiger partial charge in [-0.05, 0) is 43.0 Å². The Hall–Kier alpha value is -0.730. The summed E-state index contributed by atoms with van der Waals surface area (Å²) in [5.41, 5.74) is 2.41. The van der Waals surface area contributed by atoms with Gasteiger partial charge in [-0.2, -0.15) is 0 Å². The first-order valence-corrected chi connectivity index (χ1v) is 7.28. The Kier molecular flexibility index (Phi) is 4.90. The average molecular weight is 267 g/mol. The van der Waals surface area contributed by atoms with Crippen molar-refractivity contribution in [3.8, 4) is 0 Å². The van der Waals surface area contributed by atoms with Crippen LogP contribution in [0.2, 0.25) is 5.02 Å². The van der Waals surface area contributed by atoms with Crippen molar-refractivity contribution in [3.63, 3.8) is 0 Å². The van der Waals surface area contributed by atoms with E-state index in [2.05, 4.69) is 42.4 Å². The van der Waals surface area contributed by atoms with Gasteiger partial charge in [0, 0.05) is 30.8 Å². The van der Waals surface area contributed by atoms with E-state index >= 15 is 0 Å². The molecule has 2 rings (SSSR count). The molecular weight excluding hydrogens is 244 g/mol. The van der Waals surface area contributed by atoms with E-state index < -0.39 is 0 Å². The van der Waals surface area contributed by atoms with Crippen LogP contribution < -0.4 is 10.2 Å². The number of nitrogens with one attached hydrogen (secondary N) is 1. The summed E-state index contributed by atoms with van der Waals surface area (Å²) in [5.74, 6) is 0.884. The Morgan fingerprint density at radius 3 is 2.72 bits per heavy atom. The lowest BCUT2D eigenvalue weighted by Crippen LogP contribution is -2.29. The summed E-state index contributed by atoms with van der Waals surface area (Å²) in [6.07, 6.45) is 4.17. The molecule has 0 radical (unpaired) electrons. The van der Waals surface area contributed by atoms with Crippen molar-refractivity contribution in [3.05, 3.63) is 28.8 Å². The third kappa shape index (κ3) is 3.39. The topological polar surface area (TPSA) is 15.3 Å². The predicted octanol–water partition coefficient (Wildman–Crippen LogP) is 3.69. The van der Waals surface area contributed by atoms with Crippen LogP contribution in [0.5, 0.6) is 0 Å². The van der Waals surface area contributed by atoms with Crippen LogP contribution in [0.15, 0.2) is 18.2 Å². The summed E-state index contributed by atoms with van der Waals surface area (Å²) in [7, 11) is 2.16. The van der Waals surface area contributed by atoms with Gasteiger partial charge in [0.05, 0.1) is 0 Å². The van der Waals surface area contributed by atoms with Gasteiger partial charge in [-0.1, -0.05) is 31.0 Å². The minimum Gasteiger partial charge on any atom is -0.374 e. The lowest BCUT2D eigenvalue weighted by atomic mass is 9.85. The zero-order valence-electron chi connectivity index (χ0n) is 11.4. The molecule has 0 unspecified atom stereocenters. The first-order chi connectivity index (χ1) is 8.70. The molecule has 1 saturated carbocycles. The maximum absolute atomic E-state index is 6.33. The van der Waals surface area contributed by atoms with E-state index in [1.807, 2.05) is 0 Å². The van der Waals surface area contributed by atoms with E-state index in [1.165, 1.54) is 30.5 Å². The van der Waals surface area contributed by atoms with Crippen LogP contribution in [0.4, 0.5) is 5.69 Å². The first kappa shape index (κ1) is 13.7. The molecule has 3 heteroatoms. The van der Waals surface area contributed by atoms with Crippen molar-refractivity contribution in [2.75, 3.05) is 25.0 Å². The van der Waals surface area contributed by atoms with Crippen LogP contribution >= 0.6 is 11.6 Å². The van der Waals surface area contributed by atoms with Gasteiger partial charge in [-0.25, -0.2) is 0 Å². The molecule has 1 N–H and O–H groups in total. The van der Waals surface area contributed by atoms with Crippen LogP contribution in [0, 0.1) is 5.92 Å². The van der Waals surface area contributed by atoms with E-state index in [0.717, 1.165) is 30.6 Å². The number of hydrogen-bond acceptors (Lipinski definition) is 2. The Morgan fingerprint density at radius 2 is 2.17 bits per heavy atom. The van der Waals surface area contributed by atoms with Gasteiger partial charge in [0.1, 0.15) is 0 Å². The van der Waals surface area contributed by atoms with Gasteiger partial charge in [-0.3, -0.25) is 0 Å². The Bertz CT molecular complexity index is 388. The summed E-state index contributed by atoms with van der Waals surface area (Å²) in [6, 6.07) is 6.40. The fourth-order valence-electron chi connectivity index (χ4n) is 2.34. The minimum atomic E-state index is 0.849. The molecule has 100 valence electrons. The highest BCUT2D eigenvalue weighted by atomic mass is 35.5. The molecule has 1 aliphatic rings. The molecule has 0 heterocycles. The molecule has 0 atom stereocenters. The van der Waals surface area contributed by atoms with Crippen molar-refractivity contribution >= 4 is 17.3 Å². The molecule has 0 amide bonds. The second-order valence-corrected chi connectivity index (χ2v) is 5.64. The van der Waals surface area contributed by atoms with Gasteiger partial charge in [0.15, 0.2) is 0 Å². The Balaban J connectivity index is 1.97. The van der Waals surface area contributed by atoms with Crippen LogP contribution in [0.3, 0.4) is 0 Å². The maximum Gasteiger partial charge on any atom is 0.0471 e. The molecule has 1 aromatic carbocycles. The summed E-state index contributed by atoms with van der Waals surface area (Å²) >= 11 is 6.33. The number of nitrogens with zero attached hydrogens (tertiary/aromatic N) is 1. The van der Waals surface area contributed by atoms with Gasteiger partial charge in [0.2, 0.25) is 0 Å². The van der Waals surface area contributed by atoms with E-state index in [0.29, 0.717) is 0 Å². The molecular formula is C15H23ClN2. The number of anilines is 1. The second-order valence-electron chi connectivity index (χ2n) is 5.23. The van der Waals surface area contributed by atoms with E-state index in [9.17, 15) is 0 Å². The van der Waals surface area contributed by atoms with Gasteiger partial charge in [0.25, 0.3) is 0 Å². The highest BCUT2D eigenvalue weighted by molar-refractivity contribution is 6.31. The van der Waals surface area contributed by atoms with E-state index in [-0.39, 0.29) is 0 Å². The lowest BCUT2D eigenvalue weighted by molar-refractivity contribution is 0.321. The van der Waals surface area contributed by atoms with Gasteiger partial charge in [-0.15, -0.1) is 0 Å². The number of rotatable bonds is 6. The monoisotopic (exact) mass is 266 g/mol. The third-order valence-electron chi connectivity index (χ3n) is 3.80. The molecule has 0 aromatic heterocycles. The quantitative estimate of drug-likeness (QED) is 0.845. The van der Waals surface area contributed by atoms with Crippen LogP contribution in [0.25, 0.3) is 0 Å². The number of hydrogen-bond donors (Lipinski definition) is 1. The van der Waals surface area contributed by atoms with Gasteiger partial charge >= 0.3 is 0 Å². The highest BCUT2D eigenvalue weighted by Crippen LogP contribution is 2.29. The summed E-state index contributed by atoms with van der Waals surface area (Å²) in [4.78, 5) is 2.33. The van der Waals surface area contributed by atoms with Crippen LogP contribution in [-0.4, -0.2) is 20.1 Å². The van der Waals surface area contributed by atoms with Gasteiger partial charge < -0.3 is 10.2 Å². The van der Waals surface area contributed by atoms with Crippen molar-refractivity contribution < 1.29 is 0 Å². The Morgan fingerprint density at radius 1 is 1.39 bits per heavy atom. The average Bonchev–Trinajstić information content (AvgIpc) is 2.32. The molecule has 2 nitrogen and oxygen atoms in total. The van der Waals surface area contributed by atoms with Crippen molar-refractivity contribution in [1.29, 1.82) is 0 Å². The van der Waals surface area contributed by atoms with E-state index in [4.69, 9.17) is 11.6 Å². The standard InChI is InChI=1S/C15H23ClN2/c1-3-17-10-13-7-8-14(9-15(13)16)18(2)11-12-5-4-6-12/h7-9,12,17H,3-6,10-11H2,1-2H3. The molecule has 0 spiro atoms. The largest absolute Gasteiger partial charge is 0.374 e. The highest BCUT2D eigenvalue weighted by Gasteiger charge is 2.19. The maximum atomic E-state index is 6.33. The summed E-state index contributed by atoms with van der Waals surface area (Å²) in [5, 5.41) is 4.18. The third-order valence-corrected chi connectivity index (χ3v) is 4.15. The second kappa shape index (κ2) is 6.44. The first-order valence-electron chi connectivity index (χ1n) is 6.91. The number of benzene rings is 1. The van der Waals surface area contributed by atoms with E-state index in [1.54, 1.807) is 0 Å². The molecule has 1 fully saturated rings. The van der Waals surface area contributed by atoms with Crippen LogP contribution in [0.1, 0.15) is 31.7 Å². The molecule has 0 aliphatic heterocycles. The summed E-state index contributed by atoms with van der Waals surface area (Å²) in [6.45, 7) is 5.08. The SMILES string of the molecule is CCNCc1ccc(N(C)CC2CCC2)cc1Cl. The van der Waals surface area contributed by atoms with Crippen LogP contribution in [-0.2, 0) is 6.54 Å². The van der Waals surface area contributed by atoms with Crippen molar-refractivity contribution in [2.24, 2.45) is 5.92 Å². The molecule has 1 aromatic rings. The fourth-order valence-corrected chi connectivity index (χ4v) is 2.59.